The van der Waals surface area contributed by atoms with Gasteiger partial charge in [-0.15, -0.1) is 0 Å². The Kier molecular flexibility index (Phi) is 6.99. The van der Waals surface area contributed by atoms with E-state index >= 15 is 0 Å². The van der Waals surface area contributed by atoms with Crippen LogP contribution in [-0.2, 0) is 5.41 Å². The van der Waals surface area contributed by atoms with Gasteiger partial charge < -0.3 is 15.7 Å². The molecule has 0 saturated carbocycles. The molecular weight excluding hydrogens is 288 g/mol. The van der Waals surface area contributed by atoms with Crippen molar-refractivity contribution >= 4 is 17.6 Å². The molecule has 0 fully saturated rings. The fraction of sp³-hybridized carbons (Fsp3) is 0.562. The topological polar surface area (TPSA) is 61.4 Å². The summed E-state index contributed by atoms with van der Waals surface area (Å²) in [5.41, 5.74) is 0.955. The van der Waals surface area contributed by atoms with Crippen LogP contribution in [0, 0.1) is 0 Å². The van der Waals surface area contributed by atoms with Crippen LogP contribution in [0.4, 0.5) is 4.79 Å². The number of aliphatic hydroxyl groups is 1. The third-order valence-electron chi connectivity index (χ3n) is 3.49. The van der Waals surface area contributed by atoms with Crippen LogP contribution in [0.15, 0.2) is 24.3 Å². The molecule has 21 heavy (non-hydrogen) atoms. The normalized spacial score (nSPS) is 12.8. The number of urea groups is 1. The third kappa shape index (κ3) is 6.36. The van der Waals surface area contributed by atoms with Crippen LogP contribution < -0.4 is 10.6 Å². The van der Waals surface area contributed by atoms with Crippen LogP contribution in [-0.4, -0.2) is 30.3 Å². The molecule has 0 aliphatic rings. The summed E-state index contributed by atoms with van der Waals surface area (Å²) in [5.74, 6) is 0. The van der Waals surface area contributed by atoms with Gasteiger partial charge in [-0.3, -0.25) is 0 Å². The monoisotopic (exact) mass is 312 g/mol. The summed E-state index contributed by atoms with van der Waals surface area (Å²) < 4.78 is 0. The summed E-state index contributed by atoms with van der Waals surface area (Å²) in [6, 6.07) is 7.54. The van der Waals surface area contributed by atoms with E-state index in [-0.39, 0.29) is 24.1 Å². The van der Waals surface area contributed by atoms with Gasteiger partial charge in [0.05, 0.1) is 0 Å². The molecule has 1 aromatic carbocycles. The predicted molar refractivity (Wildman–Crippen MR) is 86.8 cm³/mol. The van der Waals surface area contributed by atoms with Gasteiger partial charge in [0.1, 0.15) is 0 Å². The molecule has 2 amide bonds. The van der Waals surface area contributed by atoms with Crippen molar-refractivity contribution in [2.45, 2.75) is 45.1 Å². The minimum Gasteiger partial charge on any atom is -0.396 e. The van der Waals surface area contributed by atoms with Gasteiger partial charge in [-0.05, 0) is 37.5 Å². The highest BCUT2D eigenvalue weighted by atomic mass is 35.5. The van der Waals surface area contributed by atoms with Crippen molar-refractivity contribution in [1.82, 2.24) is 10.6 Å². The highest BCUT2D eigenvalue weighted by molar-refractivity contribution is 6.30. The molecule has 0 spiro atoms. The van der Waals surface area contributed by atoms with Gasteiger partial charge in [-0.1, -0.05) is 37.6 Å². The second kappa shape index (κ2) is 8.25. The van der Waals surface area contributed by atoms with E-state index in [1.807, 2.05) is 31.2 Å². The van der Waals surface area contributed by atoms with Crippen molar-refractivity contribution in [1.29, 1.82) is 0 Å². The number of nitrogens with one attached hydrogen (secondary N) is 2. The maximum absolute atomic E-state index is 11.8. The predicted octanol–water partition coefficient (Wildman–Crippen LogP) is 3.08. The second-order valence-electron chi connectivity index (χ2n) is 5.98. The Morgan fingerprint density at radius 2 is 1.95 bits per heavy atom. The molecule has 4 nitrogen and oxygen atoms in total. The molecule has 0 bridgehead atoms. The summed E-state index contributed by atoms with van der Waals surface area (Å²) in [6.45, 7) is 6.77. The zero-order valence-corrected chi connectivity index (χ0v) is 13.7. The summed E-state index contributed by atoms with van der Waals surface area (Å²) in [5, 5.41) is 15.2. The number of aliphatic hydroxyl groups excluding tert-OH is 1. The Balaban J connectivity index is 2.45. The van der Waals surface area contributed by atoms with E-state index < -0.39 is 0 Å². The first kappa shape index (κ1) is 17.8. The van der Waals surface area contributed by atoms with Crippen LogP contribution in [0.3, 0.4) is 0 Å². The summed E-state index contributed by atoms with van der Waals surface area (Å²) in [4.78, 5) is 11.8. The van der Waals surface area contributed by atoms with E-state index in [9.17, 15) is 4.79 Å². The summed E-state index contributed by atoms with van der Waals surface area (Å²) in [6.07, 6.45) is 1.46. The largest absolute Gasteiger partial charge is 0.396 e. The zero-order chi connectivity index (χ0) is 15.9. The Morgan fingerprint density at radius 1 is 1.33 bits per heavy atom. The molecule has 0 radical (unpaired) electrons. The van der Waals surface area contributed by atoms with E-state index in [1.54, 1.807) is 0 Å². The van der Waals surface area contributed by atoms with E-state index in [0.29, 0.717) is 18.0 Å². The SMILES string of the molecule is CC(CCCO)NC(=O)NCC(C)(C)c1ccc(Cl)cc1. The van der Waals surface area contributed by atoms with E-state index in [1.165, 1.54) is 0 Å². The lowest BCUT2D eigenvalue weighted by molar-refractivity contribution is 0.232. The molecule has 0 aliphatic carbocycles. The van der Waals surface area contributed by atoms with Gasteiger partial charge in [0, 0.05) is 29.6 Å². The smallest absolute Gasteiger partial charge is 0.315 e. The Labute approximate surface area is 131 Å². The van der Waals surface area contributed by atoms with Crippen LogP contribution >= 0.6 is 11.6 Å². The van der Waals surface area contributed by atoms with Crippen molar-refractivity contribution in [2.24, 2.45) is 0 Å². The molecule has 1 unspecified atom stereocenters. The number of carbonyl (C=O) groups excluding carboxylic acids is 1. The lowest BCUT2D eigenvalue weighted by Crippen LogP contribution is -2.45. The number of rotatable bonds is 7. The average molecular weight is 313 g/mol. The molecule has 1 aromatic rings. The zero-order valence-electron chi connectivity index (χ0n) is 12.9. The average Bonchev–Trinajstić information content (AvgIpc) is 2.43. The van der Waals surface area contributed by atoms with Gasteiger partial charge in [0.15, 0.2) is 0 Å². The third-order valence-corrected chi connectivity index (χ3v) is 3.74. The summed E-state index contributed by atoms with van der Waals surface area (Å²) >= 11 is 5.89. The maximum Gasteiger partial charge on any atom is 0.315 e. The highest BCUT2D eigenvalue weighted by Gasteiger charge is 2.21. The number of benzene rings is 1. The van der Waals surface area contributed by atoms with Gasteiger partial charge >= 0.3 is 6.03 Å². The quantitative estimate of drug-likeness (QED) is 0.724. The van der Waals surface area contributed by atoms with Crippen LogP contribution in [0.2, 0.25) is 5.02 Å². The molecule has 118 valence electrons. The first-order valence-electron chi connectivity index (χ1n) is 7.26. The number of amides is 2. The Hall–Kier alpha value is -1.26. The molecule has 0 heterocycles. The summed E-state index contributed by atoms with van der Waals surface area (Å²) in [7, 11) is 0. The Morgan fingerprint density at radius 3 is 2.52 bits per heavy atom. The van der Waals surface area contributed by atoms with Crippen LogP contribution in [0.1, 0.15) is 39.2 Å². The molecular formula is C16H25ClN2O2. The number of halogens is 1. The highest BCUT2D eigenvalue weighted by Crippen LogP contribution is 2.23. The van der Waals surface area contributed by atoms with Crippen LogP contribution in [0.25, 0.3) is 0 Å². The van der Waals surface area contributed by atoms with E-state index in [0.717, 1.165) is 12.0 Å². The standard InChI is InChI=1S/C16H25ClN2O2/c1-12(5-4-10-20)19-15(21)18-11-16(2,3)13-6-8-14(17)9-7-13/h6-9,12,20H,4-5,10-11H2,1-3H3,(H2,18,19,21). The van der Waals surface area contributed by atoms with Crippen LogP contribution in [0.5, 0.6) is 0 Å². The first-order chi connectivity index (χ1) is 9.85. The molecule has 1 atom stereocenters. The van der Waals surface area contributed by atoms with Gasteiger partial charge in [0.2, 0.25) is 0 Å². The first-order valence-corrected chi connectivity index (χ1v) is 7.64. The van der Waals surface area contributed by atoms with Gasteiger partial charge in [-0.2, -0.15) is 0 Å². The number of hydrogen-bond acceptors (Lipinski definition) is 2. The van der Waals surface area contributed by atoms with Crippen molar-refractivity contribution in [3.63, 3.8) is 0 Å². The molecule has 3 N–H and O–H groups in total. The van der Waals surface area contributed by atoms with Gasteiger partial charge in [0.25, 0.3) is 0 Å². The fourth-order valence-electron chi connectivity index (χ4n) is 2.05. The molecule has 5 heteroatoms. The molecule has 0 saturated heterocycles. The van der Waals surface area contributed by atoms with Crippen molar-refractivity contribution < 1.29 is 9.90 Å². The molecule has 0 aliphatic heterocycles. The molecule has 0 aromatic heterocycles. The second-order valence-corrected chi connectivity index (χ2v) is 6.42. The van der Waals surface area contributed by atoms with Crippen molar-refractivity contribution in [3.05, 3.63) is 34.9 Å². The lowest BCUT2D eigenvalue weighted by Gasteiger charge is -2.26. The molecule has 1 rings (SSSR count). The van der Waals surface area contributed by atoms with Gasteiger partial charge in [-0.25, -0.2) is 4.79 Å². The van der Waals surface area contributed by atoms with E-state index in [4.69, 9.17) is 16.7 Å². The maximum atomic E-state index is 11.8. The minimum absolute atomic E-state index is 0.0517. The fourth-order valence-corrected chi connectivity index (χ4v) is 2.17. The lowest BCUT2D eigenvalue weighted by atomic mass is 9.85. The van der Waals surface area contributed by atoms with E-state index in [2.05, 4.69) is 24.5 Å². The minimum atomic E-state index is -0.178. The van der Waals surface area contributed by atoms with Crippen molar-refractivity contribution in [3.8, 4) is 0 Å². The number of carbonyl (C=O) groups is 1. The number of hydrogen-bond donors (Lipinski definition) is 3. The van der Waals surface area contributed by atoms with Crippen molar-refractivity contribution in [2.75, 3.05) is 13.2 Å². The Bertz CT molecular complexity index is 446.